The van der Waals surface area contributed by atoms with Crippen LogP contribution in [-0.4, -0.2) is 49.2 Å². The Kier molecular flexibility index (Phi) is 3.66. The van der Waals surface area contributed by atoms with Gasteiger partial charge in [-0.1, -0.05) is 0 Å². The second-order valence-corrected chi connectivity index (χ2v) is 5.18. The third kappa shape index (κ3) is 2.74. The minimum absolute atomic E-state index is 0.0910. The number of quaternary nitrogens is 1. The summed E-state index contributed by atoms with van der Waals surface area (Å²) in [5.74, 6) is 0. The lowest BCUT2D eigenvalue weighted by Gasteiger charge is -2.30. The molecule has 0 aromatic rings. The van der Waals surface area contributed by atoms with Crippen LogP contribution in [-0.2, 0) is 4.74 Å². The number of ether oxygens (including phenoxy) is 1. The number of rotatable bonds is 4. The van der Waals surface area contributed by atoms with Gasteiger partial charge in [0.1, 0.15) is 18.2 Å². The maximum atomic E-state index is 12.0. The number of fused-ring (bicyclic) bond motifs is 1. The molecule has 17 heavy (non-hydrogen) atoms. The van der Waals surface area contributed by atoms with Crippen LogP contribution in [0.1, 0.15) is 25.7 Å². The normalized spacial score (nSPS) is 37.4. The van der Waals surface area contributed by atoms with E-state index in [1.54, 1.807) is 0 Å². The molecule has 0 spiro atoms. The molecule has 2 aliphatic heterocycles. The molecule has 2 rings (SSSR count). The number of hydrogen-bond acceptors (Lipinski definition) is 2. The van der Waals surface area contributed by atoms with Gasteiger partial charge in [0.25, 0.3) is 0 Å². The Morgan fingerprint density at radius 3 is 2.76 bits per heavy atom. The topological polar surface area (TPSA) is 33.9 Å². The fourth-order valence-corrected chi connectivity index (χ4v) is 3.35. The fraction of sp³-hybridized carbons (Fsp3) is 1.00. The monoisotopic (exact) mass is 254 g/mol. The van der Waals surface area contributed by atoms with Crippen LogP contribution in [0.2, 0.25) is 0 Å². The second kappa shape index (κ2) is 4.74. The van der Waals surface area contributed by atoms with Gasteiger partial charge in [-0.05, 0) is 0 Å². The van der Waals surface area contributed by atoms with E-state index >= 15 is 0 Å². The molecule has 0 aliphatic carbocycles. The Morgan fingerprint density at radius 1 is 1.35 bits per heavy atom. The minimum atomic E-state index is -4.24. The van der Waals surface area contributed by atoms with E-state index in [1.807, 2.05) is 0 Å². The predicted molar refractivity (Wildman–Crippen MR) is 54.8 cm³/mol. The molecule has 0 aromatic carbocycles. The molecule has 2 aliphatic rings. The van der Waals surface area contributed by atoms with Gasteiger partial charge < -0.3 is 14.7 Å². The van der Waals surface area contributed by atoms with Gasteiger partial charge in [0.05, 0.1) is 19.8 Å². The molecule has 100 valence electrons. The smallest absolute Gasteiger partial charge is 0.390 e. The van der Waals surface area contributed by atoms with Crippen LogP contribution < -0.4 is 4.90 Å². The van der Waals surface area contributed by atoms with Crippen molar-refractivity contribution in [2.24, 2.45) is 0 Å². The lowest BCUT2D eigenvalue weighted by atomic mass is 9.95. The van der Waals surface area contributed by atoms with Crippen molar-refractivity contribution in [3.05, 3.63) is 0 Å². The summed E-state index contributed by atoms with van der Waals surface area (Å²) in [6.07, 6.45) is -0.458. The van der Waals surface area contributed by atoms with Crippen LogP contribution >= 0.6 is 0 Å². The van der Waals surface area contributed by atoms with Crippen LogP contribution in [0, 0.1) is 0 Å². The first-order valence-corrected chi connectivity index (χ1v) is 6.08. The minimum Gasteiger partial charge on any atom is -0.390 e. The van der Waals surface area contributed by atoms with E-state index in [9.17, 15) is 18.3 Å². The molecule has 6 heteroatoms. The summed E-state index contributed by atoms with van der Waals surface area (Å²) in [6, 6.07) is 0.118. The quantitative estimate of drug-likeness (QED) is 0.748. The van der Waals surface area contributed by atoms with Crippen LogP contribution in [0.3, 0.4) is 0 Å². The summed E-state index contributed by atoms with van der Waals surface area (Å²) >= 11 is 0. The van der Waals surface area contributed by atoms with Gasteiger partial charge in [-0.15, -0.1) is 0 Å². The van der Waals surface area contributed by atoms with Crippen molar-refractivity contribution in [1.82, 2.24) is 0 Å². The van der Waals surface area contributed by atoms with E-state index in [-0.39, 0.29) is 24.8 Å². The molecule has 2 fully saturated rings. The van der Waals surface area contributed by atoms with E-state index in [4.69, 9.17) is 4.74 Å². The lowest BCUT2D eigenvalue weighted by molar-refractivity contribution is -0.949. The highest BCUT2D eigenvalue weighted by Gasteiger charge is 2.53. The third-order valence-electron chi connectivity index (χ3n) is 4.13. The van der Waals surface area contributed by atoms with Gasteiger partial charge in [0.15, 0.2) is 0 Å². The summed E-state index contributed by atoms with van der Waals surface area (Å²) in [4.78, 5) is 1.25. The molecule has 0 aromatic heterocycles. The van der Waals surface area contributed by atoms with Gasteiger partial charge in [0.2, 0.25) is 0 Å². The van der Waals surface area contributed by atoms with Crippen molar-refractivity contribution in [2.75, 3.05) is 26.4 Å². The third-order valence-corrected chi connectivity index (χ3v) is 4.13. The van der Waals surface area contributed by atoms with E-state index in [0.717, 1.165) is 32.2 Å². The highest BCUT2D eigenvalue weighted by atomic mass is 19.4. The molecule has 0 bridgehead atoms. The number of halogens is 3. The Bertz CT molecular complexity index is 272. The molecule has 2 heterocycles. The van der Waals surface area contributed by atoms with E-state index < -0.39 is 12.8 Å². The Labute approximate surface area is 98.5 Å². The predicted octanol–water partition coefficient (Wildman–Crippen LogP) is 0.137. The summed E-state index contributed by atoms with van der Waals surface area (Å²) < 4.78 is 40.7. The van der Waals surface area contributed by atoms with Gasteiger partial charge in [0, 0.05) is 25.7 Å². The van der Waals surface area contributed by atoms with Crippen molar-refractivity contribution in [3.63, 3.8) is 0 Å². The lowest BCUT2D eigenvalue weighted by Crippen LogP contribution is -3.20. The van der Waals surface area contributed by atoms with Gasteiger partial charge in [-0.2, -0.15) is 13.2 Å². The van der Waals surface area contributed by atoms with Crippen molar-refractivity contribution < 1.29 is 27.9 Å². The average Bonchev–Trinajstić information content (AvgIpc) is 2.77. The second-order valence-electron chi connectivity index (χ2n) is 5.18. The Balaban J connectivity index is 1.83. The fourth-order valence-electron chi connectivity index (χ4n) is 3.35. The van der Waals surface area contributed by atoms with E-state index in [1.165, 1.54) is 4.90 Å². The van der Waals surface area contributed by atoms with Gasteiger partial charge in [-0.25, -0.2) is 0 Å². The van der Waals surface area contributed by atoms with Crippen LogP contribution in [0.4, 0.5) is 13.2 Å². The summed E-state index contributed by atoms with van der Waals surface area (Å²) in [6.45, 7) is 0.0677. The molecule has 0 radical (unpaired) electrons. The van der Waals surface area contributed by atoms with Gasteiger partial charge in [-0.3, -0.25) is 0 Å². The van der Waals surface area contributed by atoms with Crippen molar-refractivity contribution in [3.8, 4) is 0 Å². The number of aliphatic hydroxyl groups is 1. The zero-order valence-corrected chi connectivity index (χ0v) is 9.72. The Morgan fingerprint density at radius 2 is 2.12 bits per heavy atom. The van der Waals surface area contributed by atoms with Crippen molar-refractivity contribution in [2.45, 2.75) is 43.4 Å². The summed E-state index contributed by atoms with van der Waals surface area (Å²) in [5.41, 5.74) is -0.0910. The molecular formula is C11H19F3NO2+. The molecule has 0 amide bonds. The highest BCUT2D eigenvalue weighted by Crippen LogP contribution is 2.27. The molecule has 3 nitrogen and oxygen atoms in total. The van der Waals surface area contributed by atoms with E-state index in [0.29, 0.717) is 0 Å². The standard InChI is InChI=1S/C11H18F3NO2/c12-11(13,14)8-17-6-9-2-4-10(7-16)3-1-5-15(9)10/h9,16H,1-8H2/p+1/t9-,10-/m0/s1. The summed E-state index contributed by atoms with van der Waals surface area (Å²) in [5, 5.41) is 9.46. The zero-order chi connectivity index (χ0) is 12.5. The maximum absolute atomic E-state index is 12.0. The zero-order valence-electron chi connectivity index (χ0n) is 9.72. The Hall–Kier alpha value is -0.330. The van der Waals surface area contributed by atoms with Crippen LogP contribution in [0.25, 0.3) is 0 Å². The molecular weight excluding hydrogens is 235 g/mol. The molecule has 1 unspecified atom stereocenters. The number of alkyl halides is 3. The number of hydrogen-bond donors (Lipinski definition) is 2. The van der Waals surface area contributed by atoms with E-state index in [2.05, 4.69) is 0 Å². The largest absolute Gasteiger partial charge is 0.411 e. The van der Waals surface area contributed by atoms with Gasteiger partial charge >= 0.3 is 6.18 Å². The first-order chi connectivity index (χ1) is 7.97. The molecule has 2 N–H and O–H groups in total. The first-order valence-electron chi connectivity index (χ1n) is 6.08. The first kappa shape index (κ1) is 13.1. The average molecular weight is 254 g/mol. The van der Waals surface area contributed by atoms with Crippen molar-refractivity contribution >= 4 is 0 Å². The molecule has 0 saturated carbocycles. The summed E-state index contributed by atoms with van der Waals surface area (Å²) in [7, 11) is 0. The van der Waals surface area contributed by atoms with Crippen molar-refractivity contribution in [1.29, 1.82) is 0 Å². The maximum Gasteiger partial charge on any atom is 0.411 e. The molecule has 3 atom stereocenters. The number of aliphatic hydroxyl groups excluding tert-OH is 1. The number of nitrogens with one attached hydrogen (secondary N) is 1. The highest BCUT2D eigenvalue weighted by molar-refractivity contribution is 4.89. The molecule has 2 saturated heterocycles. The SMILES string of the molecule is OC[C@@]12CCC[NH+]1[C@H](COCC(F)(F)F)CC2. The van der Waals surface area contributed by atoms with Crippen LogP contribution in [0.15, 0.2) is 0 Å². The van der Waals surface area contributed by atoms with Crippen LogP contribution in [0.5, 0.6) is 0 Å².